The predicted octanol–water partition coefficient (Wildman–Crippen LogP) is 2.44. The number of hydrogen-bond acceptors (Lipinski definition) is 3. The molecular formula is C9H10Cl2N2O2. The van der Waals surface area contributed by atoms with Crippen LogP contribution in [-0.2, 0) is 11.2 Å². The van der Waals surface area contributed by atoms with E-state index < -0.39 is 11.9 Å². The topological polar surface area (TPSA) is 63.1 Å². The lowest BCUT2D eigenvalue weighted by Gasteiger charge is -2.07. The van der Waals surface area contributed by atoms with Gasteiger partial charge in [-0.3, -0.25) is 4.79 Å². The molecule has 0 aliphatic heterocycles. The summed E-state index contributed by atoms with van der Waals surface area (Å²) in [5.74, 6) is -1.27. The Morgan fingerprint density at radius 2 is 2.00 bits per heavy atom. The Hall–Kier alpha value is -0.870. The molecule has 1 atom stereocenters. The van der Waals surface area contributed by atoms with Crippen LogP contribution in [0.4, 0.5) is 0 Å². The molecule has 0 fully saturated rings. The van der Waals surface area contributed by atoms with Gasteiger partial charge in [0.15, 0.2) is 0 Å². The standard InChI is InChI=1S/C9H10Cl2N2O2/c1-5(9(14)15)2-3-6-7(10)12-4-13-8(6)11/h4-5H,2-3H2,1H3,(H,14,15). The second-order valence-corrected chi connectivity index (χ2v) is 3.93. The van der Waals surface area contributed by atoms with Gasteiger partial charge in [-0.2, -0.15) is 0 Å². The largest absolute Gasteiger partial charge is 0.481 e. The van der Waals surface area contributed by atoms with Crippen LogP contribution in [0.1, 0.15) is 18.9 Å². The van der Waals surface area contributed by atoms with Crippen LogP contribution in [-0.4, -0.2) is 21.0 Å². The zero-order valence-electron chi connectivity index (χ0n) is 8.07. The first-order valence-corrected chi connectivity index (χ1v) is 5.15. The van der Waals surface area contributed by atoms with Gasteiger partial charge in [-0.15, -0.1) is 0 Å². The Labute approximate surface area is 97.3 Å². The lowest BCUT2D eigenvalue weighted by Crippen LogP contribution is -2.10. The Bertz CT molecular complexity index is 351. The van der Waals surface area contributed by atoms with Gasteiger partial charge in [0.1, 0.15) is 16.6 Å². The Morgan fingerprint density at radius 1 is 1.47 bits per heavy atom. The summed E-state index contributed by atoms with van der Waals surface area (Å²) in [6.45, 7) is 1.63. The molecule has 1 N–H and O–H groups in total. The number of aliphatic carboxylic acids is 1. The lowest BCUT2D eigenvalue weighted by atomic mass is 10.0. The van der Waals surface area contributed by atoms with Crippen molar-refractivity contribution >= 4 is 29.2 Å². The Morgan fingerprint density at radius 3 is 2.47 bits per heavy atom. The Kier molecular flexibility index (Phi) is 4.29. The van der Waals surface area contributed by atoms with E-state index in [-0.39, 0.29) is 10.3 Å². The van der Waals surface area contributed by atoms with Crippen LogP contribution in [0.25, 0.3) is 0 Å². The molecule has 1 rings (SSSR count). The minimum atomic E-state index is -0.834. The zero-order chi connectivity index (χ0) is 11.4. The highest BCUT2D eigenvalue weighted by Crippen LogP contribution is 2.22. The van der Waals surface area contributed by atoms with Crippen molar-refractivity contribution in [3.8, 4) is 0 Å². The molecule has 0 bridgehead atoms. The minimum Gasteiger partial charge on any atom is -0.481 e. The highest BCUT2D eigenvalue weighted by atomic mass is 35.5. The molecule has 0 radical (unpaired) electrons. The quantitative estimate of drug-likeness (QED) is 0.832. The first-order chi connectivity index (χ1) is 7.02. The third kappa shape index (κ3) is 3.32. The molecule has 0 aliphatic rings. The summed E-state index contributed by atoms with van der Waals surface area (Å²) in [5.41, 5.74) is 0.605. The van der Waals surface area contributed by atoms with E-state index in [2.05, 4.69) is 9.97 Å². The van der Waals surface area contributed by atoms with Crippen molar-refractivity contribution in [2.24, 2.45) is 5.92 Å². The number of halogens is 2. The monoisotopic (exact) mass is 248 g/mol. The van der Waals surface area contributed by atoms with Crippen molar-refractivity contribution in [3.63, 3.8) is 0 Å². The maximum atomic E-state index is 10.6. The van der Waals surface area contributed by atoms with E-state index in [0.717, 1.165) is 0 Å². The van der Waals surface area contributed by atoms with Crippen LogP contribution in [0.2, 0.25) is 10.3 Å². The average Bonchev–Trinajstić information content (AvgIpc) is 2.16. The smallest absolute Gasteiger partial charge is 0.306 e. The van der Waals surface area contributed by atoms with Gasteiger partial charge >= 0.3 is 5.97 Å². The van der Waals surface area contributed by atoms with Crippen molar-refractivity contribution in [1.29, 1.82) is 0 Å². The van der Waals surface area contributed by atoms with Gasteiger partial charge in [0, 0.05) is 5.56 Å². The van der Waals surface area contributed by atoms with Gasteiger partial charge in [-0.1, -0.05) is 30.1 Å². The van der Waals surface area contributed by atoms with E-state index >= 15 is 0 Å². The predicted molar refractivity (Wildman–Crippen MR) is 57.2 cm³/mol. The van der Waals surface area contributed by atoms with E-state index in [1.165, 1.54) is 6.33 Å². The Balaban J connectivity index is 2.69. The second kappa shape index (κ2) is 5.28. The molecule has 82 valence electrons. The van der Waals surface area contributed by atoms with Crippen LogP contribution < -0.4 is 0 Å². The fourth-order valence-electron chi connectivity index (χ4n) is 1.06. The normalized spacial score (nSPS) is 12.5. The maximum Gasteiger partial charge on any atom is 0.306 e. The fourth-order valence-corrected chi connectivity index (χ4v) is 1.57. The van der Waals surface area contributed by atoms with E-state index in [1.54, 1.807) is 6.92 Å². The van der Waals surface area contributed by atoms with Gasteiger partial charge in [-0.25, -0.2) is 9.97 Å². The molecular weight excluding hydrogens is 239 g/mol. The van der Waals surface area contributed by atoms with Crippen LogP contribution >= 0.6 is 23.2 Å². The first kappa shape index (κ1) is 12.2. The molecule has 0 amide bonds. The molecule has 1 aromatic rings. The highest BCUT2D eigenvalue weighted by molar-refractivity contribution is 6.34. The fraction of sp³-hybridized carbons (Fsp3) is 0.444. The third-order valence-corrected chi connectivity index (χ3v) is 2.74. The van der Waals surface area contributed by atoms with E-state index in [4.69, 9.17) is 28.3 Å². The molecule has 1 aromatic heterocycles. The summed E-state index contributed by atoms with van der Waals surface area (Å²) < 4.78 is 0. The maximum absolute atomic E-state index is 10.6. The van der Waals surface area contributed by atoms with Crippen molar-refractivity contribution in [3.05, 3.63) is 22.2 Å². The van der Waals surface area contributed by atoms with Gasteiger partial charge in [-0.05, 0) is 12.8 Å². The summed E-state index contributed by atoms with van der Waals surface area (Å²) in [6, 6.07) is 0. The summed E-state index contributed by atoms with van der Waals surface area (Å²) in [4.78, 5) is 18.2. The van der Waals surface area contributed by atoms with Gasteiger partial charge in [0.25, 0.3) is 0 Å². The third-order valence-electron chi connectivity index (χ3n) is 2.09. The summed E-state index contributed by atoms with van der Waals surface area (Å²) >= 11 is 11.6. The average molecular weight is 249 g/mol. The van der Waals surface area contributed by atoms with Crippen molar-refractivity contribution in [2.45, 2.75) is 19.8 Å². The molecule has 4 nitrogen and oxygen atoms in total. The lowest BCUT2D eigenvalue weighted by molar-refractivity contribution is -0.141. The molecule has 6 heteroatoms. The SMILES string of the molecule is CC(CCc1c(Cl)ncnc1Cl)C(=O)O. The van der Waals surface area contributed by atoms with Crippen LogP contribution in [0.15, 0.2) is 6.33 Å². The van der Waals surface area contributed by atoms with Crippen molar-refractivity contribution in [2.75, 3.05) is 0 Å². The highest BCUT2D eigenvalue weighted by Gasteiger charge is 2.14. The molecule has 0 aromatic carbocycles. The number of carboxylic acid groups (broad SMARTS) is 1. The molecule has 0 saturated heterocycles. The molecule has 0 aliphatic carbocycles. The number of hydrogen-bond donors (Lipinski definition) is 1. The van der Waals surface area contributed by atoms with Crippen LogP contribution in [0.5, 0.6) is 0 Å². The number of rotatable bonds is 4. The molecule has 15 heavy (non-hydrogen) atoms. The summed E-state index contributed by atoms with van der Waals surface area (Å²) in [5, 5.41) is 9.27. The van der Waals surface area contributed by atoms with Gasteiger partial charge < -0.3 is 5.11 Å². The molecule has 0 saturated carbocycles. The molecule has 1 unspecified atom stereocenters. The number of nitrogens with zero attached hydrogens (tertiary/aromatic N) is 2. The number of carbonyl (C=O) groups is 1. The van der Waals surface area contributed by atoms with Gasteiger partial charge in [0.05, 0.1) is 5.92 Å². The van der Waals surface area contributed by atoms with Crippen molar-refractivity contribution in [1.82, 2.24) is 9.97 Å². The second-order valence-electron chi connectivity index (χ2n) is 3.21. The molecule has 0 spiro atoms. The number of aromatic nitrogens is 2. The summed E-state index contributed by atoms with van der Waals surface area (Å²) in [6.07, 6.45) is 2.20. The van der Waals surface area contributed by atoms with Crippen LogP contribution in [0.3, 0.4) is 0 Å². The van der Waals surface area contributed by atoms with E-state index in [0.29, 0.717) is 18.4 Å². The van der Waals surface area contributed by atoms with Gasteiger partial charge in [0.2, 0.25) is 0 Å². The van der Waals surface area contributed by atoms with E-state index in [1.807, 2.05) is 0 Å². The minimum absolute atomic E-state index is 0.285. The first-order valence-electron chi connectivity index (χ1n) is 4.40. The van der Waals surface area contributed by atoms with E-state index in [9.17, 15) is 4.79 Å². The van der Waals surface area contributed by atoms with Crippen molar-refractivity contribution < 1.29 is 9.90 Å². The zero-order valence-corrected chi connectivity index (χ0v) is 9.59. The summed E-state index contributed by atoms with van der Waals surface area (Å²) in [7, 11) is 0. The van der Waals surface area contributed by atoms with Crippen LogP contribution in [0, 0.1) is 5.92 Å². The molecule has 1 heterocycles. The number of carboxylic acids is 1.